The van der Waals surface area contributed by atoms with Crippen molar-refractivity contribution in [2.24, 2.45) is 0 Å². The van der Waals surface area contributed by atoms with Crippen LogP contribution in [0.4, 0.5) is 0 Å². The van der Waals surface area contributed by atoms with Gasteiger partial charge in [-0.3, -0.25) is 14.2 Å². The Bertz CT molecular complexity index is 1590. The van der Waals surface area contributed by atoms with Gasteiger partial charge in [-0.25, -0.2) is 22.9 Å². The second-order valence-corrected chi connectivity index (χ2v) is 10.3. The number of hydrogen-bond donors (Lipinski definition) is 2. The Balaban J connectivity index is 1.67. The van der Waals surface area contributed by atoms with Crippen LogP contribution in [0.1, 0.15) is 24.7 Å². The highest BCUT2D eigenvalue weighted by atomic mass is 32.2. The molecule has 0 bridgehead atoms. The topological polar surface area (TPSA) is 135 Å². The molecule has 2 aromatic heterocycles. The van der Waals surface area contributed by atoms with Crippen LogP contribution >= 0.6 is 11.3 Å². The van der Waals surface area contributed by atoms with E-state index in [0.29, 0.717) is 35.3 Å². The van der Waals surface area contributed by atoms with Gasteiger partial charge in [-0.15, -0.1) is 11.3 Å². The minimum absolute atomic E-state index is 0.102. The fraction of sp³-hybridized carbons (Fsp3) is 0.167. The molecule has 11 heteroatoms. The molecule has 0 saturated carbocycles. The number of aliphatic carboxylic acids is 1. The summed E-state index contributed by atoms with van der Waals surface area (Å²) in [6.45, 7) is 2.33. The average molecular weight is 512 g/mol. The summed E-state index contributed by atoms with van der Waals surface area (Å²) >= 11 is 1.43. The predicted octanol–water partition coefficient (Wildman–Crippen LogP) is 3.02. The third-order valence-electron chi connectivity index (χ3n) is 5.34. The summed E-state index contributed by atoms with van der Waals surface area (Å²) in [6.07, 6.45) is 1.50. The Labute approximate surface area is 204 Å². The number of aryl methyl sites for hydroxylation is 1. The maximum absolute atomic E-state index is 13.1. The molecule has 4 rings (SSSR count). The van der Waals surface area contributed by atoms with Crippen molar-refractivity contribution in [3.05, 3.63) is 81.7 Å². The lowest BCUT2D eigenvalue weighted by Crippen LogP contribution is -2.36. The number of thiophene rings is 1. The lowest BCUT2D eigenvalue weighted by molar-refractivity contribution is -0.149. The third-order valence-corrected chi connectivity index (χ3v) is 7.54. The fourth-order valence-electron chi connectivity index (χ4n) is 3.70. The Morgan fingerprint density at radius 3 is 2.49 bits per heavy atom. The first kappa shape index (κ1) is 24.3. The number of carboxylic acids is 1. The number of amides is 1. The normalized spacial score (nSPS) is 11.5. The van der Waals surface area contributed by atoms with Gasteiger partial charge in [0.05, 0.1) is 16.8 Å². The van der Waals surface area contributed by atoms with Gasteiger partial charge in [0.1, 0.15) is 10.7 Å². The van der Waals surface area contributed by atoms with Crippen molar-refractivity contribution in [2.45, 2.75) is 31.2 Å². The van der Waals surface area contributed by atoms with Crippen LogP contribution in [0.2, 0.25) is 0 Å². The minimum Gasteiger partial charge on any atom is -0.474 e. The summed E-state index contributed by atoms with van der Waals surface area (Å²) < 4.78 is 28.5. The molecule has 0 unspecified atom stereocenters. The van der Waals surface area contributed by atoms with E-state index >= 15 is 0 Å². The molecule has 2 heterocycles. The largest absolute Gasteiger partial charge is 0.474 e. The highest BCUT2D eigenvalue weighted by Crippen LogP contribution is 2.28. The maximum Gasteiger partial charge on any atom is 0.395 e. The minimum atomic E-state index is -4.41. The lowest BCUT2D eigenvalue weighted by atomic mass is 10.0. The summed E-state index contributed by atoms with van der Waals surface area (Å²) in [4.78, 5) is 40.4. The van der Waals surface area contributed by atoms with Crippen LogP contribution in [-0.2, 0) is 32.6 Å². The molecular formula is C24H21N3O6S2. The van der Waals surface area contributed by atoms with Gasteiger partial charge < -0.3 is 5.11 Å². The van der Waals surface area contributed by atoms with Crippen LogP contribution in [0.25, 0.3) is 21.3 Å². The molecule has 0 atom stereocenters. The fourth-order valence-corrected chi connectivity index (χ4v) is 5.65. The summed E-state index contributed by atoms with van der Waals surface area (Å²) in [7, 11) is -4.41. The summed E-state index contributed by atoms with van der Waals surface area (Å²) in [5.74, 6) is -2.83. The number of carbonyl (C=O) groups is 2. The van der Waals surface area contributed by atoms with Gasteiger partial charge in [0.25, 0.3) is 15.6 Å². The van der Waals surface area contributed by atoms with Crippen molar-refractivity contribution >= 4 is 43.5 Å². The highest BCUT2D eigenvalue weighted by Gasteiger charge is 2.24. The Kier molecular flexibility index (Phi) is 6.81. The van der Waals surface area contributed by atoms with Crippen LogP contribution in [-0.4, -0.2) is 35.0 Å². The second-order valence-electron chi connectivity index (χ2n) is 7.74. The van der Waals surface area contributed by atoms with Crippen molar-refractivity contribution in [2.75, 3.05) is 0 Å². The predicted molar refractivity (Wildman–Crippen MR) is 132 cm³/mol. The van der Waals surface area contributed by atoms with Crippen molar-refractivity contribution in [3.63, 3.8) is 0 Å². The molecule has 180 valence electrons. The van der Waals surface area contributed by atoms with E-state index in [1.54, 1.807) is 51.8 Å². The molecule has 2 N–H and O–H groups in total. The summed E-state index contributed by atoms with van der Waals surface area (Å²) in [5.41, 5.74) is 1.57. The summed E-state index contributed by atoms with van der Waals surface area (Å²) in [6, 6.07) is 14.7. The number of fused-ring (bicyclic) bond motifs is 1. The van der Waals surface area contributed by atoms with Crippen molar-refractivity contribution in [1.29, 1.82) is 0 Å². The van der Waals surface area contributed by atoms with Crippen molar-refractivity contribution in [1.82, 2.24) is 14.3 Å². The van der Waals surface area contributed by atoms with Crippen LogP contribution in [0.3, 0.4) is 0 Å². The van der Waals surface area contributed by atoms with Crippen LogP contribution < -0.4 is 10.3 Å². The SMILES string of the molecule is CCCc1nc2sccc2c(=O)n1Cc1ccc(-c2ccccc2S(=O)(=O)NC(=O)C(=O)O)cc1. The van der Waals surface area contributed by atoms with E-state index < -0.39 is 21.9 Å². The molecule has 0 aliphatic heterocycles. The van der Waals surface area contributed by atoms with Crippen molar-refractivity contribution in [3.8, 4) is 11.1 Å². The molecular weight excluding hydrogens is 490 g/mol. The number of sulfonamides is 1. The molecule has 0 saturated heterocycles. The van der Waals surface area contributed by atoms with Crippen LogP contribution in [0.5, 0.6) is 0 Å². The lowest BCUT2D eigenvalue weighted by Gasteiger charge is -2.13. The van der Waals surface area contributed by atoms with E-state index in [-0.39, 0.29) is 10.5 Å². The number of hydrogen-bond acceptors (Lipinski definition) is 7. The second kappa shape index (κ2) is 9.80. The van der Waals surface area contributed by atoms with E-state index in [0.717, 1.165) is 16.8 Å². The standard InChI is InChI=1S/C24H21N3O6S2/c1-2-5-20-25-22-18(12-13-34-22)23(29)27(20)14-15-8-10-16(11-9-15)17-6-3-4-7-19(17)35(32,33)26-21(28)24(30)31/h3-4,6-13H,2,5,14H2,1H3,(H,26,28)(H,30,31). The van der Waals surface area contributed by atoms with Crippen molar-refractivity contribution < 1.29 is 23.1 Å². The number of carboxylic acid groups (broad SMARTS) is 1. The molecule has 1 amide bonds. The van der Waals surface area contributed by atoms with E-state index in [2.05, 4.69) is 4.98 Å². The summed E-state index contributed by atoms with van der Waals surface area (Å²) in [5, 5.41) is 11.2. The maximum atomic E-state index is 13.1. The monoisotopic (exact) mass is 511 g/mol. The molecule has 0 aliphatic rings. The number of carbonyl (C=O) groups excluding carboxylic acids is 1. The van der Waals surface area contributed by atoms with Crippen LogP contribution in [0, 0.1) is 0 Å². The average Bonchev–Trinajstić information content (AvgIpc) is 3.31. The highest BCUT2D eigenvalue weighted by molar-refractivity contribution is 7.90. The zero-order valence-corrected chi connectivity index (χ0v) is 20.2. The van der Waals surface area contributed by atoms with Crippen LogP contribution in [0.15, 0.2) is 69.7 Å². The van der Waals surface area contributed by atoms with Gasteiger partial charge in [0.15, 0.2) is 0 Å². The van der Waals surface area contributed by atoms with Gasteiger partial charge in [0, 0.05) is 12.0 Å². The molecule has 2 aromatic carbocycles. The molecule has 35 heavy (non-hydrogen) atoms. The smallest absolute Gasteiger partial charge is 0.395 e. The number of aromatic nitrogens is 2. The van der Waals surface area contributed by atoms with Gasteiger partial charge in [-0.05, 0) is 35.1 Å². The first-order chi connectivity index (χ1) is 16.7. The number of benzene rings is 2. The molecule has 0 spiro atoms. The van der Waals surface area contributed by atoms with E-state index in [1.807, 2.05) is 12.3 Å². The molecule has 9 nitrogen and oxygen atoms in total. The first-order valence-electron chi connectivity index (χ1n) is 10.7. The van der Waals surface area contributed by atoms with E-state index in [9.17, 15) is 22.8 Å². The van der Waals surface area contributed by atoms with Gasteiger partial charge in [-0.2, -0.15) is 0 Å². The van der Waals surface area contributed by atoms with Gasteiger partial charge >= 0.3 is 11.9 Å². The third kappa shape index (κ3) is 5.00. The van der Waals surface area contributed by atoms with Gasteiger partial charge in [-0.1, -0.05) is 49.4 Å². The number of nitrogens with zero attached hydrogens (tertiary/aromatic N) is 2. The molecule has 4 aromatic rings. The van der Waals surface area contributed by atoms with Gasteiger partial charge in [0.2, 0.25) is 0 Å². The number of rotatable bonds is 7. The molecule has 0 fully saturated rings. The molecule has 0 aliphatic carbocycles. The zero-order valence-electron chi connectivity index (χ0n) is 18.6. The first-order valence-corrected chi connectivity index (χ1v) is 13.0. The number of nitrogens with one attached hydrogen (secondary N) is 1. The zero-order chi connectivity index (χ0) is 25.2. The molecule has 0 radical (unpaired) electrons. The van der Waals surface area contributed by atoms with E-state index in [4.69, 9.17) is 5.11 Å². The Morgan fingerprint density at radius 1 is 1.09 bits per heavy atom. The Hall–Kier alpha value is -3.83. The quantitative estimate of drug-likeness (QED) is 0.364. The Morgan fingerprint density at radius 2 is 1.80 bits per heavy atom. The van der Waals surface area contributed by atoms with E-state index in [1.165, 1.54) is 23.5 Å².